The molecule has 2 N–H and O–H groups in total. The Morgan fingerprint density at radius 3 is 2.55 bits per heavy atom. The lowest BCUT2D eigenvalue weighted by molar-refractivity contribution is 0.0663. The van der Waals surface area contributed by atoms with Crippen molar-refractivity contribution in [1.82, 2.24) is 29.8 Å². The van der Waals surface area contributed by atoms with E-state index in [4.69, 9.17) is 5.73 Å². The number of alkyl halides is 2. The lowest BCUT2D eigenvalue weighted by Gasteiger charge is -2.28. The number of aromatic nitrogens is 5. The zero-order chi connectivity index (χ0) is 23.5. The summed E-state index contributed by atoms with van der Waals surface area (Å²) >= 11 is 3.33. The SMILES string of the molecule is CC(c1ncccn1)N(Cc1ccc(C(F)F)cn1)C(=O)c1cnc2nc(N)c(Br)cc2c1. The summed E-state index contributed by atoms with van der Waals surface area (Å²) in [5.74, 6) is 0.377. The number of hydrogen-bond acceptors (Lipinski definition) is 7. The van der Waals surface area contributed by atoms with Crippen LogP contribution in [0.3, 0.4) is 0 Å². The molecule has 4 heterocycles. The van der Waals surface area contributed by atoms with E-state index in [-0.39, 0.29) is 18.0 Å². The lowest BCUT2D eigenvalue weighted by Crippen LogP contribution is -2.34. The maximum Gasteiger partial charge on any atom is 0.265 e. The van der Waals surface area contributed by atoms with Crippen molar-refractivity contribution in [2.24, 2.45) is 0 Å². The Balaban J connectivity index is 1.70. The van der Waals surface area contributed by atoms with E-state index in [0.717, 1.165) is 6.20 Å². The van der Waals surface area contributed by atoms with Crippen molar-refractivity contribution in [3.63, 3.8) is 0 Å². The normalized spacial score (nSPS) is 12.2. The third-order valence-corrected chi connectivity index (χ3v) is 5.65. The summed E-state index contributed by atoms with van der Waals surface area (Å²) in [6.07, 6.45) is 3.08. The maximum absolute atomic E-state index is 13.6. The number of nitrogen functional groups attached to an aromatic ring is 1. The molecule has 33 heavy (non-hydrogen) atoms. The van der Waals surface area contributed by atoms with Gasteiger partial charge in [0.2, 0.25) is 0 Å². The van der Waals surface area contributed by atoms with Crippen molar-refractivity contribution in [3.8, 4) is 0 Å². The summed E-state index contributed by atoms with van der Waals surface area (Å²) in [4.78, 5) is 36.2. The second-order valence-electron chi connectivity index (χ2n) is 7.23. The topological polar surface area (TPSA) is 111 Å². The van der Waals surface area contributed by atoms with Crippen molar-refractivity contribution >= 4 is 38.7 Å². The molecule has 0 spiro atoms. The zero-order valence-corrected chi connectivity index (χ0v) is 18.9. The van der Waals surface area contributed by atoms with Crippen molar-refractivity contribution in [3.05, 3.63) is 82.2 Å². The number of carbonyl (C=O) groups is 1. The molecule has 0 aromatic carbocycles. The van der Waals surface area contributed by atoms with Crippen LogP contribution in [0.15, 0.2) is 59.6 Å². The number of nitrogens with two attached hydrogens (primary N) is 1. The van der Waals surface area contributed by atoms with Gasteiger partial charge in [-0.3, -0.25) is 9.78 Å². The molecule has 168 valence electrons. The minimum Gasteiger partial charge on any atom is -0.383 e. The quantitative estimate of drug-likeness (QED) is 0.403. The highest BCUT2D eigenvalue weighted by atomic mass is 79.9. The van der Waals surface area contributed by atoms with Gasteiger partial charge in [-0.1, -0.05) is 0 Å². The van der Waals surface area contributed by atoms with Crippen molar-refractivity contribution in [1.29, 1.82) is 0 Å². The molecule has 1 atom stereocenters. The standard InChI is InChI=1S/C22H18BrF2N7O/c1-12(20-27-5-2-6-28-20)32(11-16-4-3-13(9-29-16)18(24)25)22(33)15-7-14-8-17(23)19(26)31-21(14)30-10-15/h2-10,12,18H,11H2,1H3,(H2,26,30,31). The maximum atomic E-state index is 13.6. The first-order valence-electron chi connectivity index (χ1n) is 9.86. The number of halogens is 3. The Kier molecular flexibility index (Phi) is 6.50. The number of hydrogen-bond donors (Lipinski definition) is 1. The minimum atomic E-state index is -2.62. The van der Waals surface area contributed by atoms with E-state index in [0.29, 0.717) is 38.4 Å². The predicted octanol–water partition coefficient (Wildman–Crippen LogP) is 4.50. The highest BCUT2D eigenvalue weighted by Gasteiger charge is 2.26. The molecule has 1 amide bonds. The van der Waals surface area contributed by atoms with Crippen LogP contribution in [-0.4, -0.2) is 35.7 Å². The van der Waals surface area contributed by atoms with Gasteiger partial charge < -0.3 is 10.6 Å². The van der Waals surface area contributed by atoms with Gasteiger partial charge >= 0.3 is 0 Å². The summed E-state index contributed by atoms with van der Waals surface area (Å²) in [5.41, 5.74) is 6.79. The van der Waals surface area contributed by atoms with E-state index < -0.39 is 12.5 Å². The molecule has 0 aliphatic heterocycles. The Morgan fingerprint density at radius 1 is 1.12 bits per heavy atom. The van der Waals surface area contributed by atoms with Gasteiger partial charge in [-0.25, -0.2) is 28.7 Å². The third kappa shape index (κ3) is 4.92. The van der Waals surface area contributed by atoms with Gasteiger partial charge in [0, 0.05) is 35.7 Å². The fourth-order valence-corrected chi connectivity index (χ4v) is 3.55. The van der Waals surface area contributed by atoms with Crippen molar-refractivity contribution in [2.45, 2.75) is 25.9 Å². The molecule has 8 nitrogen and oxygen atoms in total. The monoisotopic (exact) mass is 513 g/mol. The van der Waals surface area contributed by atoms with Crippen LogP contribution >= 0.6 is 15.9 Å². The number of amides is 1. The summed E-state index contributed by atoms with van der Waals surface area (Å²) in [7, 11) is 0. The summed E-state index contributed by atoms with van der Waals surface area (Å²) in [5, 5.41) is 0.630. The molecule has 0 aliphatic carbocycles. The smallest absolute Gasteiger partial charge is 0.265 e. The summed E-state index contributed by atoms with van der Waals surface area (Å²) in [6.45, 7) is 1.84. The molecule has 0 aliphatic rings. The number of carbonyl (C=O) groups excluding carboxylic acids is 1. The second-order valence-corrected chi connectivity index (χ2v) is 8.08. The molecular formula is C22H18BrF2N7O. The van der Waals surface area contributed by atoms with Gasteiger partial charge in [0.25, 0.3) is 12.3 Å². The van der Waals surface area contributed by atoms with E-state index in [1.54, 1.807) is 37.5 Å². The van der Waals surface area contributed by atoms with E-state index >= 15 is 0 Å². The van der Waals surface area contributed by atoms with Crippen molar-refractivity contribution < 1.29 is 13.6 Å². The largest absolute Gasteiger partial charge is 0.383 e. The predicted molar refractivity (Wildman–Crippen MR) is 121 cm³/mol. The summed E-state index contributed by atoms with van der Waals surface area (Å²) in [6, 6.07) is 7.33. The van der Waals surface area contributed by atoms with Crippen LogP contribution in [-0.2, 0) is 6.54 Å². The number of nitrogens with zero attached hydrogens (tertiary/aromatic N) is 6. The zero-order valence-electron chi connectivity index (χ0n) is 17.4. The first kappa shape index (κ1) is 22.6. The van der Waals surface area contributed by atoms with E-state index in [9.17, 15) is 13.6 Å². The molecule has 0 saturated carbocycles. The van der Waals surface area contributed by atoms with E-state index in [1.807, 2.05) is 0 Å². The fourth-order valence-electron chi connectivity index (χ4n) is 3.22. The molecule has 1 unspecified atom stereocenters. The molecule has 0 bridgehead atoms. The fraction of sp³-hybridized carbons (Fsp3) is 0.182. The second kappa shape index (κ2) is 9.49. The number of anilines is 1. The van der Waals surface area contributed by atoms with Gasteiger partial charge in [0.15, 0.2) is 5.65 Å². The minimum absolute atomic E-state index is 0.0590. The molecule has 11 heteroatoms. The first-order valence-corrected chi connectivity index (χ1v) is 10.7. The lowest BCUT2D eigenvalue weighted by atomic mass is 10.1. The Hall–Kier alpha value is -3.60. The van der Waals surface area contributed by atoms with Gasteiger partial charge in [0.05, 0.1) is 28.3 Å². The highest BCUT2D eigenvalue weighted by molar-refractivity contribution is 9.10. The van der Waals surface area contributed by atoms with Crippen LogP contribution in [0.1, 0.15) is 46.8 Å². The molecule has 4 aromatic heterocycles. The molecular weight excluding hydrogens is 496 g/mol. The van der Waals surface area contributed by atoms with Gasteiger partial charge in [-0.05, 0) is 53.2 Å². The molecule has 0 fully saturated rings. The van der Waals surface area contributed by atoms with Crippen LogP contribution in [0.25, 0.3) is 11.0 Å². The molecule has 0 saturated heterocycles. The van der Waals surface area contributed by atoms with E-state index in [2.05, 4.69) is 40.8 Å². The Morgan fingerprint density at radius 2 is 1.88 bits per heavy atom. The van der Waals surface area contributed by atoms with Crippen LogP contribution < -0.4 is 5.73 Å². The molecule has 4 rings (SSSR count). The number of rotatable bonds is 6. The van der Waals surface area contributed by atoms with Gasteiger partial charge in [-0.15, -0.1) is 0 Å². The average Bonchev–Trinajstić information content (AvgIpc) is 2.83. The highest BCUT2D eigenvalue weighted by Crippen LogP contribution is 2.26. The van der Waals surface area contributed by atoms with Crippen LogP contribution in [0.2, 0.25) is 0 Å². The van der Waals surface area contributed by atoms with E-state index in [1.165, 1.54) is 23.2 Å². The Bertz CT molecular complexity index is 1290. The molecule has 4 aromatic rings. The van der Waals surface area contributed by atoms with Gasteiger partial charge in [-0.2, -0.15) is 0 Å². The molecule has 0 radical (unpaired) electrons. The third-order valence-electron chi connectivity index (χ3n) is 5.02. The number of fused-ring (bicyclic) bond motifs is 1. The summed E-state index contributed by atoms with van der Waals surface area (Å²) < 4.78 is 26.4. The Labute approximate surface area is 196 Å². The first-order chi connectivity index (χ1) is 15.8. The number of pyridine rings is 3. The average molecular weight is 514 g/mol. The van der Waals surface area contributed by atoms with Crippen molar-refractivity contribution in [2.75, 3.05) is 5.73 Å². The van der Waals surface area contributed by atoms with Crippen LogP contribution in [0.4, 0.5) is 14.6 Å². The van der Waals surface area contributed by atoms with Crippen LogP contribution in [0.5, 0.6) is 0 Å². The van der Waals surface area contributed by atoms with Gasteiger partial charge in [0.1, 0.15) is 11.6 Å². The van der Waals surface area contributed by atoms with Crippen LogP contribution in [0, 0.1) is 0 Å².